The zero-order chi connectivity index (χ0) is 35.8. The summed E-state index contributed by atoms with van der Waals surface area (Å²) in [5.41, 5.74) is 9.17. The number of aromatic nitrogens is 3. The summed E-state index contributed by atoms with van der Waals surface area (Å²) in [6, 6.07) is 47.4. The minimum Gasteiger partial charge on any atom is -0.247 e. The van der Waals surface area contributed by atoms with Crippen LogP contribution in [0.2, 0.25) is 0 Å². The molecule has 0 aliphatic rings. The second-order valence-corrected chi connectivity index (χ2v) is 12.0. The molecule has 0 saturated heterocycles. The molecule has 0 fully saturated rings. The first-order chi connectivity index (χ1) is 25.5. The van der Waals surface area contributed by atoms with Crippen LogP contribution in [0.1, 0.15) is 27.8 Å². The summed E-state index contributed by atoms with van der Waals surface area (Å²) < 4.78 is 0. The van der Waals surface area contributed by atoms with Gasteiger partial charge >= 0.3 is 0 Å². The number of fused-ring (bicyclic) bond motifs is 5. The van der Waals surface area contributed by atoms with E-state index in [9.17, 15) is 26.3 Å². The second-order valence-electron chi connectivity index (χ2n) is 12.0. The van der Waals surface area contributed by atoms with Crippen molar-refractivity contribution >= 4 is 32.7 Å². The smallest absolute Gasteiger partial charge is 0.108 e. The van der Waals surface area contributed by atoms with Crippen LogP contribution >= 0.6 is 0 Å². The van der Waals surface area contributed by atoms with E-state index in [4.69, 9.17) is 15.0 Å². The van der Waals surface area contributed by atoms with Crippen molar-refractivity contribution < 1.29 is 0 Å². The SMILES string of the molecule is N#Cc1ccc(-c2nc3c(C#N)cc4c(-c5cccc(-c6cc(C#N)cc(C#N)c6)c5)nc5ccccc5c4c3nc2-c2ccc(C#N)cc2)cc1. The number of hydrogen-bond donors (Lipinski definition) is 0. The first kappa shape index (κ1) is 31.1. The quantitative estimate of drug-likeness (QED) is 0.169. The molecule has 2 heterocycles. The van der Waals surface area contributed by atoms with E-state index < -0.39 is 0 Å². The third-order valence-electron chi connectivity index (χ3n) is 8.96. The summed E-state index contributed by atoms with van der Waals surface area (Å²) >= 11 is 0. The van der Waals surface area contributed by atoms with Crippen molar-refractivity contribution in [2.24, 2.45) is 0 Å². The molecular weight excluding hydrogens is 641 g/mol. The molecule has 8 rings (SSSR count). The van der Waals surface area contributed by atoms with Gasteiger partial charge < -0.3 is 0 Å². The predicted octanol–water partition coefficient (Wildman–Crippen LogP) is 9.36. The van der Waals surface area contributed by atoms with Crippen LogP contribution in [-0.2, 0) is 0 Å². The number of para-hydroxylation sites is 1. The van der Waals surface area contributed by atoms with Gasteiger partial charge in [-0.1, -0.05) is 60.7 Å². The fourth-order valence-electron chi connectivity index (χ4n) is 6.52. The summed E-state index contributed by atoms with van der Waals surface area (Å²) in [4.78, 5) is 15.5. The summed E-state index contributed by atoms with van der Waals surface area (Å²) in [7, 11) is 0. The number of rotatable bonds is 4. The van der Waals surface area contributed by atoms with Crippen LogP contribution < -0.4 is 0 Å². The lowest BCUT2D eigenvalue weighted by molar-refractivity contribution is 1.29. The van der Waals surface area contributed by atoms with E-state index in [0.29, 0.717) is 66.9 Å². The van der Waals surface area contributed by atoms with Crippen LogP contribution in [0.4, 0.5) is 0 Å². The standard InChI is InChI=1S/C44H20N8/c45-21-26-8-12-30(13-9-26)41-42(31-14-10-27(22-46)11-15-31)52-44-39-36-6-1-2-7-38(36)50-40(37(39)20-35(25-49)43(44)51-41)33-5-3-4-32(19-33)34-17-28(23-47)16-29(18-34)24-48/h1-20H. The Balaban J connectivity index is 1.46. The molecule has 236 valence electrons. The third kappa shape index (κ3) is 5.27. The van der Waals surface area contributed by atoms with Crippen LogP contribution in [0.3, 0.4) is 0 Å². The lowest BCUT2D eigenvalue weighted by Gasteiger charge is -2.16. The van der Waals surface area contributed by atoms with E-state index in [-0.39, 0.29) is 0 Å². The molecule has 0 atom stereocenters. The topological polar surface area (TPSA) is 158 Å². The molecule has 0 spiro atoms. The highest BCUT2D eigenvalue weighted by molar-refractivity contribution is 6.22. The van der Waals surface area contributed by atoms with Gasteiger partial charge in [0.15, 0.2) is 0 Å². The minimum atomic E-state index is 0.311. The molecule has 0 bridgehead atoms. The number of nitriles is 5. The normalized spacial score (nSPS) is 10.6. The second kappa shape index (κ2) is 12.7. The monoisotopic (exact) mass is 660 g/mol. The average Bonchev–Trinajstić information content (AvgIpc) is 3.22. The predicted molar refractivity (Wildman–Crippen MR) is 198 cm³/mol. The molecule has 0 amide bonds. The van der Waals surface area contributed by atoms with Crippen molar-refractivity contribution in [3.63, 3.8) is 0 Å². The van der Waals surface area contributed by atoms with E-state index in [0.717, 1.165) is 38.5 Å². The van der Waals surface area contributed by atoms with E-state index in [1.54, 1.807) is 42.5 Å². The zero-order valence-corrected chi connectivity index (χ0v) is 27.1. The van der Waals surface area contributed by atoms with E-state index >= 15 is 0 Å². The van der Waals surface area contributed by atoms with Crippen LogP contribution in [0.25, 0.3) is 77.6 Å². The molecule has 0 radical (unpaired) electrons. The van der Waals surface area contributed by atoms with Crippen molar-refractivity contribution in [1.82, 2.24) is 15.0 Å². The fourth-order valence-corrected chi connectivity index (χ4v) is 6.52. The van der Waals surface area contributed by atoms with Gasteiger partial charge in [0.2, 0.25) is 0 Å². The molecule has 0 aliphatic carbocycles. The Morgan fingerprint density at radius 2 is 0.942 bits per heavy atom. The number of hydrogen-bond acceptors (Lipinski definition) is 8. The van der Waals surface area contributed by atoms with E-state index in [1.165, 1.54) is 0 Å². The maximum atomic E-state index is 10.6. The van der Waals surface area contributed by atoms with Crippen molar-refractivity contribution in [2.75, 3.05) is 0 Å². The van der Waals surface area contributed by atoms with Gasteiger partial charge in [-0.2, -0.15) is 26.3 Å². The lowest BCUT2D eigenvalue weighted by Crippen LogP contribution is -2.00. The van der Waals surface area contributed by atoms with Gasteiger partial charge in [0.1, 0.15) is 11.6 Å². The summed E-state index contributed by atoms with van der Waals surface area (Å²) in [6.07, 6.45) is 0. The molecule has 6 aromatic carbocycles. The summed E-state index contributed by atoms with van der Waals surface area (Å²) in [5, 5.41) is 51.0. The lowest BCUT2D eigenvalue weighted by atomic mass is 9.93. The molecule has 0 unspecified atom stereocenters. The Bertz CT molecular complexity index is 2970. The van der Waals surface area contributed by atoms with Gasteiger partial charge in [0.25, 0.3) is 0 Å². The summed E-state index contributed by atoms with van der Waals surface area (Å²) in [5.74, 6) is 0. The maximum Gasteiger partial charge on any atom is 0.108 e. The molecule has 0 aliphatic heterocycles. The van der Waals surface area contributed by atoms with Crippen LogP contribution in [0, 0.1) is 56.7 Å². The van der Waals surface area contributed by atoms with Gasteiger partial charge in [0, 0.05) is 32.8 Å². The highest BCUT2D eigenvalue weighted by atomic mass is 14.8. The molecule has 0 saturated carbocycles. The Morgan fingerprint density at radius 3 is 1.54 bits per heavy atom. The van der Waals surface area contributed by atoms with Crippen LogP contribution in [0.5, 0.6) is 0 Å². The number of pyridine rings is 1. The largest absolute Gasteiger partial charge is 0.247 e. The first-order valence-electron chi connectivity index (χ1n) is 16.1. The highest BCUT2D eigenvalue weighted by Gasteiger charge is 2.22. The number of nitrogens with zero attached hydrogens (tertiary/aromatic N) is 8. The molecule has 52 heavy (non-hydrogen) atoms. The minimum absolute atomic E-state index is 0.311. The van der Waals surface area contributed by atoms with Gasteiger partial charge in [-0.15, -0.1) is 0 Å². The Morgan fingerprint density at radius 1 is 0.365 bits per heavy atom. The zero-order valence-electron chi connectivity index (χ0n) is 27.1. The van der Waals surface area contributed by atoms with E-state index in [1.807, 2.05) is 78.9 Å². The van der Waals surface area contributed by atoms with Gasteiger partial charge in [-0.05, 0) is 71.8 Å². The summed E-state index contributed by atoms with van der Waals surface area (Å²) in [6.45, 7) is 0. The fraction of sp³-hybridized carbons (Fsp3) is 0. The molecular formula is C44H20N8. The number of benzene rings is 6. The highest BCUT2D eigenvalue weighted by Crippen LogP contribution is 2.41. The molecule has 8 nitrogen and oxygen atoms in total. The first-order valence-corrected chi connectivity index (χ1v) is 16.1. The molecule has 0 N–H and O–H groups in total. The van der Waals surface area contributed by atoms with Crippen LogP contribution in [-0.4, -0.2) is 15.0 Å². The van der Waals surface area contributed by atoms with Gasteiger partial charge in [-0.3, -0.25) is 0 Å². The maximum absolute atomic E-state index is 10.6. The van der Waals surface area contributed by atoms with Crippen molar-refractivity contribution in [1.29, 1.82) is 26.3 Å². The van der Waals surface area contributed by atoms with Crippen molar-refractivity contribution in [3.8, 4) is 75.2 Å². The third-order valence-corrected chi connectivity index (χ3v) is 8.96. The van der Waals surface area contributed by atoms with Crippen LogP contribution in [0.15, 0.2) is 121 Å². The van der Waals surface area contributed by atoms with E-state index in [2.05, 4.69) is 30.3 Å². The molecule has 2 aromatic heterocycles. The van der Waals surface area contributed by atoms with Crippen molar-refractivity contribution in [2.45, 2.75) is 0 Å². The van der Waals surface area contributed by atoms with Gasteiger partial charge in [-0.25, -0.2) is 15.0 Å². The Kier molecular flexibility index (Phi) is 7.57. The Labute approximate surface area is 297 Å². The van der Waals surface area contributed by atoms with Gasteiger partial charge in [0.05, 0.1) is 80.2 Å². The molecule has 8 aromatic rings. The molecule has 8 heteroatoms. The average molecular weight is 661 g/mol. The Hall–Kier alpha value is -8.22. The van der Waals surface area contributed by atoms with Crippen molar-refractivity contribution in [3.05, 3.63) is 149 Å².